The highest BCUT2D eigenvalue weighted by Gasteiger charge is 2.31. The monoisotopic (exact) mass is 440 g/mol. The van der Waals surface area contributed by atoms with E-state index in [1.165, 1.54) is 108 Å². The highest BCUT2D eigenvalue weighted by molar-refractivity contribution is 6.92. The Balaban J connectivity index is 2.85. The maximum atomic E-state index is 2.57. The summed E-state index contributed by atoms with van der Waals surface area (Å²) in [7, 11) is -1.55. The van der Waals surface area contributed by atoms with E-state index in [-0.39, 0.29) is 0 Å². The van der Waals surface area contributed by atoms with Gasteiger partial charge in [0.05, 0.1) is 8.07 Å². The van der Waals surface area contributed by atoms with Crippen LogP contribution in [-0.4, -0.2) is 8.07 Å². The van der Waals surface area contributed by atoms with Crippen molar-refractivity contribution in [3.8, 4) is 0 Å². The average molecular weight is 441 g/mol. The lowest BCUT2D eigenvalue weighted by Crippen LogP contribution is -2.46. The predicted octanol–water partition coefficient (Wildman–Crippen LogP) is 9.98. The molecule has 0 atom stereocenters. The number of hydrogen-bond donors (Lipinski definition) is 0. The summed E-state index contributed by atoms with van der Waals surface area (Å²) in [4.78, 5) is 0. The van der Waals surface area contributed by atoms with E-state index >= 15 is 0 Å². The lowest BCUT2D eigenvalue weighted by molar-refractivity contribution is 0.622. The standard InChI is InChI=1S/C30H52Si/c1-4-7-10-13-16-22-27-31(30-25-20-19-21-26-30,28-23-17-14-11-8-5-2)29-24-18-15-12-9-6-3/h16-17,19-23,25-26H,4-15,18,24,27-29H2,1-3H3. The van der Waals surface area contributed by atoms with Crippen molar-refractivity contribution in [2.75, 3.05) is 0 Å². The van der Waals surface area contributed by atoms with Gasteiger partial charge in [0, 0.05) is 0 Å². The summed E-state index contributed by atoms with van der Waals surface area (Å²) in [5.41, 5.74) is 0. The second kappa shape index (κ2) is 19.6. The molecule has 0 heterocycles. The second-order valence-electron chi connectivity index (χ2n) is 9.51. The molecule has 1 aromatic rings. The summed E-state index contributed by atoms with van der Waals surface area (Å²) in [6.45, 7) is 6.90. The van der Waals surface area contributed by atoms with Gasteiger partial charge in [-0.1, -0.05) is 151 Å². The van der Waals surface area contributed by atoms with Gasteiger partial charge in [-0.15, -0.1) is 0 Å². The van der Waals surface area contributed by atoms with Crippen molar-refractivity contribution < 1.29 is 0 Å². The molecule has 0 aliphatic heterocycles. The van der Waals surface area contributed by atoms with Gasteiger partial charge in [0.2, 0.25) is 0 Å². The van der Waals surface area contributed by atoms with Gasteiger partial charge < -0.3 is 0 Å². The fraction of sp³-hybridized carbons (Fsp3) is 0.667. The molecule has 0 amide bonds. The van der Waals surface area contributed by atoms with Gasteiger partial charge in [-0.2, -0.15) is 0 Å². The summed E-state index contributed by atoms with van der Waals surface area (Å²) in [6, 6.07) is 15.7. The quantitative estimate of drug-likeness (QED) is 0.107. The average Bonchev–Trinajstić information content (AvgIpc) is 2.80. The highest BCUT2D eigenvalue weighted by atomic mass is 28.3. The third-order valence-corrected chi connectivity index (χ3v) is 11.6. The first kappa shape index (κ1) is 28.0. The molecule has 0 bridgehead atoms. The number of allylic oxidation sites excluding steroid dienone is 4. The van der Waals surface area contributed by atoms with E-state index in [0.717, 1.165) is 0 Å². The van der Waals surface area contributed by atoms with Crippen molar-refractivity contribution in [2.45, 2.75) is 129 Å². The van der Waals surface area contributed by atoms with Crippen LogP contribution >= 0.6 is 0 Å². The Morgan fingerprint density at radius 2 is 1.03 bits per heavy atom. The molecular formula is C30H52Si. The molecule has 0 fully saturated rings. The van der Waals surface area contributed by atoms with E-state index in [4.69, 9.17) is 0 Å². The van der Waals surface area contributed by atoms with Crippen LogP contribution in [0.25, 0.3) is 0 Å². The molecule has 1 rings (SSSR count). The molecule has 0 N–H and O–H groups in total. The van der Waals surface area contributed by atoms with Gasteiger partial charge >= 0.3 is 0 Å². The van der Waals surface area contributed by atoms with Crippen molar-refractivity contribution in [1.82, 2.24) is 0 Å². The van der Waals surface area contributed by atoms with Crippen molar-refractivity contribution in [3.05, 3.63) is 54.6 Å². The smallest absolute Gasteiger partial charge is 0.0909 e. The van der Waals surface area contributed by atoms with Gasteiger partial charge in [0.25, 0.3) is 0 Å². The van der Waals surface area contributed by atoms with Crippen LogP contribution in [0.4, 0.5) is 0 Å². The zero-order chi connectivity index (χ0) is 22.5. The third-order valence-electron chi connectivity index (χ3n) is 6.69. The maximum Gasteiger partial charge on any atom is 0.0940 e. The summed E-state index contributed by atoms with van der Waals surface area (Å²) in [5.74, 6) is 0. The zero-order valence-electron chi connectivity index (χ0n) is 21.2. The number of rotatable bonds is 20. The lowest BCUT2D eigenvalue weighted by atomic mass is 10.1. The Bertz CT molecular complexity index is 535. The second-order valence-corrected chi connectivity index (χ2v) is 14.0. The number of unbranched alkanes of at least 4 members (excludes halogenated alkanes) is 11. The SMILES string of the molecule is CCCCCC=CC[Si](CC=CCCCCC)(CCCCCCCC)c1ccccc1. The van der Waals surface area contributed by atoms with Gasteiger partial charge in [-0.25, -0.2) is 0 Å². The normalized spacial score (nSPS) is 13.9. The van der Waals surface area contributed by atoms with Crippen LogP contribution in [0.1, 0.15) is 111 Å². The molecule has 0 radical (unpaired) electrons. The van der Waals surface area contributed by atoms with E-state index in [2.05, 4.69) is 75.4 Å². The minimum Gasteiger partial charge on any atom is -0.0909 e. The minimum absolute atomic E-state index is 1.26. The van der Waals surface area contributed by atoms with Crippen LogP contribution in [0.2, 0.25) is 18.1 Å². The van der Waals surface area contributed by atoms with Crippen LogP contribution in [0.5, 0.6) is 0 Å². The van der Waals surface area contributed by atoms with Crippen LogP contribution in [0.15, 0.2) is 54.6 Å². The summed E-state index contributed by atoms with van der Waals surface area (Å²) >= 11 is 0. The first-order valence-electron chi connectivity index (χ1n) is 13.6. The molecule has 176 valence electrons. The van der Waals surface area contributed by atoms with Gasteiger partial charge in [0.15, 0.2) is 0 Å². The Hall–Kier alpha value is -1.08. The summed E-state index contributed by atoms with van der Waals surface area (Å²) in [5, 5.41) is 1.68. The molecule has 1 heteroatoms. The molecule has 1 aromatic carbocycles. The molecule has 31 heavy (non-hydrogen) atoms. The topological polar surface area (TPSA) is 0 Å². The van der Waals surface area contributed by atoms with Crippen molar-refractivity contribution in [2.24, 2.45) is 0 Å². The Kier molecular flexibility index (Phi) is 17.7. The van der Waals surface area contributed by atoms with Crippen molar-refractivity contribution in [3.63, 3.8) is 0 Å². The molecule has 0 aromatic heterocycles. The molecule has 0 saturated heterocycles. The van der Waals surface area contributed by atoms with Crippen molar-refractivity contribution in [1.29, 1.82) is 0 Å². The summed E-state index contributed by atoms with van der Waals surface area (Å²) < 4.78 is 0. The lowest BCUT2D eigenvalue weighted by Gasteiger charge is -2.31. The van der Waals surface area contributed by atoms with E-state index in [1.807, 2.05) is 0 Å². The number of hydrogen-bond acceptors (Lipinski definition) is 0. The highest BCUT2D eigenvalue weighted by Crippen LogP contribution is 2.27. The minimum atomic E-state index is -1.55. The third kappa shape index (κ3) is 13.1. The Labute approximate surface area is 196 Å². The fourth-order valence-corrected chi connectivity index (χ4v) is 8.98. The molecule has 0 saturated carbocycles. The first-order valence-corrected chi connectivity index (χ1v) is 16.3. The molecule has 0 unspecified atom stereocenters. The van der Waals surface area contributed by atoms with Crippen LogP contribution < -0.4 is 5.19 Å². The van der Waals surface area contributed by atoms with Gasteiger partial charge in [-0.3, -0.25) is 0 Å². The molecular weight excluding hydrogens is 388 g/mol. The zero-order valence-corrected chi connectivity index (χ0v) is 22.2. The van der Waals surface area contributed by atoms with E-state index in [9.17, 15) is 0 Å². The molecule has 0 aliphatic carbocycles. The van der Waals surface area contributed by atoms with Crippen LogP contribution in [0.3, 0.4) is 0 Å². The number of benzene rings is 1. The van der Waals surface area contributed by atoms with E-state index in [1.54, 1.807) is 5.19 Å². The predicted molar refractivity (Wildman–Crippen MR) is 146 cm³/mol. The van der Waals surface area contributed by atoms with E-state index in [0.29, 0.717) is 0 Å². The molecule has 0 spiro atoms. The first-order chi connectivity index (χ1) is 15.3. The van der Waals surface area contributed by atoms with Gasteiger partial charge in [-0.05, 0) is 37.8 Å². The Morgan fingerprint density at radius 3 is 1.58 bits per heavy atom. The summed E-state index contributed by atoms with van der Waals surface area (Å²) in [6.07, 6.45) is 29.1. The maximum absolute atomic E-state index is 2.57. The Morgan fingerprint density at radius 1 is 0.548 bits per heavy atom. The fourth-order valence-electron chi connectivity index (χ4n) is 4.58. The van der Waals surface area contributed by atoms with Crippen molar-refractivity contribution >= 4 is 13.3 Å². The molecule has 0 nitrogen and oxygen atoms in total. The largest absolute Gasteiger partial charge is 0.0940 e. The van der Waals surface area contributed by atoms with Crippen LogP contribution in [-0.2, 0) is 0 Å². The van der Waals surface area contributed by atoms with Gasteiger partial charge in [0.1, 0.15) is 0 Å². The van der Waals surface area contributed by atoms with Crippen LogP contribution in [0, 0.1) is 0 Å². The van der Waals surface area contributed by atoms with E-state index < -0.39 is 8.07 Å². The molecule has 0 aliphatic rings.